The molecule has 5 rings (SSSR count). The van der Waals surface area contributed by atoms with Crippen LogP contribution >= 0.6 is 0 Å². The zero-order valence-corrected chi connectivity index (χ0v) is 15.3. The first-order chi connectivity index (χ1) is 13.3. The van der Waals surface area contributed by atoms with Gasteiger partial charge in [-0.25, -0.2) is 19.5 Å². The van der Waals surface area contributed by atoms with Crippen LogP contribution in [0, 0.1) is 0 Å². The number of nitrogens with zero attached hydrogens (tertiary/aromatic N) is 6. The molecule has 1 aliphatic rings. The van der Waals surface area contributed by atoms with Crippen LogP contribution in [0.25, 0.3) is 22.4 Å². The number of nitrogens with one attached hydrogen (secondary N) is 2. The average molecular weight is 362 g/mol. The van der Waals surface area contributed by atoms with Crippen molar-refractivity contribution in [3.63, 3.8) is 0 Å². The van der Waals surface area contributed by atoms with Crippen molar-refractivity contribution in [2.75, 3.05) is 18.4 Å². The molecule has 1 saturated heterocycles. The Bertz CT molecular complexity index is 1090. The van der Waals surface area contributed by atoms with Gasteiger partial charge >= 0.3 is 0 Å². The summed E-state index contributed by atoms with van der Waals surface area (Å²) in [6.45, 7) is 4.20. The van der Waals surface area contributed by atoms with Crippen LogP contribution in [0.15, 0.2) is 37.1 Å². The molecule has 0 saturated carbocycles. The molecule has 0 bridgehead atoms. The molecule has 5 heterocycles. The average Bonchev–Trinajstić information content (AvgIpc) is 3.31. The summed E-state index contributed by atoms with van der Waals surface area (Å²) in [5.41, 5.74) is 4.20. The van der Waals surface area contributed by atoms with Crippen molar-refractivity contribution >= 4 is 17.2 Å². The fourth-order valence-corrected chi connectivity index (χ4v) is 3.68. The summed E-state index contributed by atoms with van der Waals surface area (Å²) in [5, 5.41) is 11.5. The first-order valence-corrected chi connectivity index (χ1v) is 9.46. The van der Waals surface area contributed by atoms with Gasteiger partial charge in [-0.15, -0.1) is 5.10 Å². The molecule has 138 valence electrons. The van der Waals surface area contributed by atoms with Gasteiger partial charge in [0.2, 0.25) is 11.7 Å². The lowest BCUT2D eigenvalue weighted by molar-refractivity contribution is 0.476. The van der Waals surface area contributed by atoms with E-state index in [-0.39, 0.29) is 0 Å². The van der Waals surface area contributed by atoms with Gasteiger partial charge in [-0.3, -0.25) is 4.40 Å². The summed E-state index contributed by atoms with van der Waals surface area (Å²) in [7, 11) is 0. The molecule has 0 unspecified atom stereocenters. The highest BCUT2D eigenvalue weighted by molar-refractivity contribution is 5.79. The molecular weight excluding hydrogens is 340 g/mol. The second-order valence-corrected chi connectivity index (χ2v) is 6.93. The Hall–Kier alpha value is -3.00. The van der Waals surface area contributed by atoms with Crippen LogP contribution in [0.1, 0.15) is 25.5 Å². The number of anilines is 1. The molecule has 0 spiro atoms. The summed E-state index contributed by atoms with van der Waals surface area (Å²) in [4.78, 5) is 13.4. The van der Waals surface area contributed by atoms with Crippen LogP contribution in [-0.4, -0.2) is 48.1 Å². The lowest BCUT2D eigenvalue weighted by Crippen LogP contribution is -2.35. The minimum Gasteiger partial charge on any atom is -0.350 e. The predicted octanol–water partition coefficient (Wildman–Crippen LogP) is 2.17. The van der Waals surface area contributed by atoms with E-state index in [1.165, 1.54) is 0 Å². The van der Waals surface area contributed by atoms with E-state index in [0.29, 0.717) is 12.0 Å². The quantitative estimate of drug-likeness (QED) is 0.579. The number of imidazole rings is 1. The predicted molar refractivity (Wildman–Crippen MR) is 104 cm³/mol. The largest absolute Gasteiger partial charge is 0.350 e. The van der Waals surface area contributed by atoms with Gasteiger partial charge in [0.25, 0.3) is 0 Å². The minimum atomic E-state index is 0.430. The third-order valence-corrected chi connectivity index (χ3v) is 5.20. The Morgan fingerprint density at radius 2 is 2.00 bits per heavy atom. The number of rotatable bonds is 4. The van der Waals surface area contributed by atoms with Gasteiger partial charge in [0.1, 0.15) is 0 Å². The molecule has 4 aromatic heterocycles. The van der Waals surface area contributed by atoms with E-state index in [0.717, 1.165) is 60.5 Å². The molecular formula is C19H22N8. The maximum Gasteiger partial charge on any atom is 0.241 e. The summed E-state index contributed by atoms with van der Waals surface area (Å²) in [6.07, 6.45) is 12.8. The Kier molecular flexibility index (Phi) is 3.97. The first-order valence-electron chi connectivity index (χ1n) is 9.46. The first kappa shape index (κ1) is 16.2. The molecule has 0 radical (unpaired) electrons. The van der Waals surface area contributed by atoms with Crippen LogP contribution in [0.3, 0.4) is 0 Å². The van der Waals surface area contributed by atoms with Crippen LogP contribution in [0.4, 0.5) is 5.95 Å². The maximum atomic E-state index is 4.64. The van der Waals surface area contributed by atoms with Crippen LogP contribution in [-0.2, 0) is 6.42 Å². The molecule has 8 heteroatoms. The van der Waals surface area contributed by atoms with E-state index in [1.54, 1.807) is 0 Å². The monoisotopic (exact) mass is 362 g/mol. The van der Waals surface area contributed by atoms with Crippen LogP contribution in [0.2, 0.25) is 0 Å². The molecule has 0 aromatic carbocycles. The van der Waals surface area contributed by atoms with Crippen molar-refractivity contribution in [1.29, 1.82) is 0 Å². The van der Waals surface area contributed by atoms with Crippen molar-refractivity contribution in [2.45, 2.75) is 32.2 Å². The Labute approximate surface area is 156 Å². The third-order valence-electron chi connectivity index (χ3n) is 5.20. The van der Waals surface area contributed by atoms with E-state index >= 15 is 0 Å². The van der Waals surface area contributed by atoms with Gasteiger partial charge in [-0.1, -0.05) is 6.92 Å². The number of fused-ring (bicyclic) bond motifs is 2. The van der Waals surface area contributed by atoms with Gasteiger partial charge in [-0.2, -0.15) is 0 Å². The molecule has 1 fully saturated rings. The zero-order chi connectivity index (χ0) is 18.2. The third kappa shape index (κ3) is 2.91. The molecule has 27 heavy (non-hydrogen) atoms. The Balaban J connectivity index is 1.49. The fourth-order valence-electron chi connectivity index (χ4n) is 3.68. The van der Waals surface area contributed by atoms with Gasteiger partial charge < -0.3 is 10.6 Å². The summed E-state index contributed by atoms with van der Waals surface area (Å²) < 4.78 is 3.93. The highest BCUT2D eigenvalue weighted by atomic mass is 15.3. The Morgan fingerprint density at radius 1 is 1.15 bits per heavy atom. The molecule has 2 N–H and O–H groups in total. The second kappa shape index (κ2) is 6.62. The molecule has 0 atom stereocenters. The van der Waals surface area contributed by atoms with Crippen LogP contribution < -0.4 is 10.6 Å². The molecule has 1 aliphatic heterocycles. The maximum absolute atomic E-state index is 4.64. The zero-order valence-electron chi connectivity index (χ0n) is 15.3. The lowest BCUT2D eigenvalue weighted by Gasteiger charge is -2.23. The highest BCUT2D eigenvalue weighted by Gasteiger charge is 2.15. The van der Waals surface area contributed by atoms with E-state index in [9.17, 15) is 0 Å². The SMILES string of the molecule is CCc1cnc2ncc(-c3ccn4nc(NC5CCNCC5)ncc34)cn12. The number of piperidine rings is 1. The summed E-state index contributed by atoms with van der Waals surface area (Å²) >= 11 is 0. The van der Waals surface area contributed by atoms with Crippen molar-refractivity contribution in [3.8, 4) is 11.1 Å². The van der Waals surface area contributed by atoms with E-state index in [2.05, 4.69) is 49.9 Å². The number of aryl methyl sites for hydroxylation is 1. The molecule has 8 nitrogen and oxygen atoms in total. The van der Waals surface area contributed by atoms with Crippen LogP contribution in [0.5, 0.6) is 0 Å². The topological polar surface area (TPSA) is 84.4 Å². The van der Waals surface area contributed by atoms with E-state index < -0.39 is 0 Å². The van der Waals surface area contributed by atoms with Gasteiger partial charge in [0.05, 0.1) is 17.9 Å². The van der Waals surface area contributed by atoms with Gasteiger partial charge in [0, 0.05) is 41.5 Å². The summed E-state index contributed by atoms with van der Waals surface area (Å²) in [5.74, 6) is 1.40. The summed E-state index contributed by atoms with van der Waals surface area (Å²) in [6, 6.07) is 2.49. The number of aromatic nitrogens is 6. The molecule has 0 amide bonds. The Morgan fingerprint density at radius 3 is 2.85 bits per heavy atom. The standard InChI is InChI=1S/C19H22N8/c1-2-15-10-23-19-22-9-13(12-26(15)19)16-5-8-27-17(16)11-21-18(25-27)24-14-3-6-20-7-4-14/h5,8-12,14,20H,2-4,6-7H2,1H3,(H,24,25). The van der Waals surface area contributed by atoms with E-state index in [4.69, 9.17) is 0 Å². The molecule has 4 aromatic rings. The van der Waals surface area contributed by atoms with Gasteiger partial charge in [0.15, 0.2) is 0 Å². The number of hydrogen-bond donors (Lipinski definition) is 2. The van der Waals surface area contributed by atoms with Crippen molar-refractivity contribution < 1.29 is 0 Å². The van der Waals surface area contributed by atoms with Crippen molar-refractivity contribution in [3.05, 3.63) is 42.7 Å². The van der Waals surface area contributed by atoms with E-state index in [1.807, 2.05) is 33.7 Å². The fraction of sp³-hybridized carbons (Fsp3) is 0.368. The van der Waals surface area contributed by atoms with Crippen molar-refractivity contribution in [1.82, 2.24) is 34.3 Å². The normalized spacial score (nSPS) is 15.6. The smallest absolute Gasteiger partial charge is 0.241 e. The molecule has 0 aliphatic carbocycles. The second-order valence-electron chi connectivity index (χ2n) is 6.93. The minimum absolute atomic E-state index is 0.430. The highest BCUT2D eigenvalue weighted by Crippen LogP contribution is 2.25. The van der Waals surface area contributed by atoms with Crippen molar-refractivity contribution in [2.24, 2.45) is 0 Å². The lowest BCUT2D eigenvalue weighted by atomic mass is 10.1. The van der Waals surface area contributed by atoms with Gasteiger partial charge in [-0.05, 0) is 38.4 Å². The number of hydrogen-bond acceptors (Lipinski definition) is 6.